The molecule has 1 heterocycles. The molecule has 0 radical (unpaired) electrons. The first-order chi connectivity index (χ1) is 11.7. The number of para-hydroxylation sites is 2. The third kappa shape index (κ3) is 4.23. The molecule has 0 bridgehead atoms. The Morgan fingerprint density at radius 3 is 2.52 bits per heavy atom. The lowest BCUT2D eigenvalue weighted by molar-refractivity contribution is -0.275. The number of halogens is 3. The van der Waals surface area contributed by atoms with Crippen molar-refractivity contribution in [3.8, 4) is 11.5 Å². The van der Waals surface area contributed by atoms with Crippen LogP contribution in [0.15, 0.2) is 53.4 Å². The topological polar surface area (TPSA) is 64.6 Å². The SMILES string of the molecule is O=S(=O)(NCC1Cc2ccccc2O1)c1ccccc1OC(F)(F)F. The second-order valence-corrected chi connectivity index (χ2v) is 7.13. The number of ether oxygens (including phenoxy) is 2. The predicted octanol–water partition coefficient (Wildman–Crippen LogP) is 2.87. The van der Waals surface area contributed by atoms with E-state index in [4.69, 9.17) is 4.74 Å². The third-order valence-corrected chi connectivity index (χ3v) is 5.04. The van der Waals surface area contributed by atoms with Gasteiger partial charge in [-0.25, -0.2) is 13.1 Å². The molecular formula is C16H14F3NO4S. The molecule has 2 aromatic rings. The molecule has 0 amide bonds. The molecule has 9 heteroatoms. The number of alkyl halides is 3. The van der Waals surface area contributed by atoms with E-state index in [2.05, 4.69) is 9.46 Å². The standard InChI is InChI=1S/C16H14F3NO4S/c17-16(18,19)24-14-7-3-4-8-15(14)25(21,22)20-10-12-9-11-5-1-2-6-13(11)23-12/h1-8,12,20H,9-10H2. The van der Waals surface area contributed by atoms with Crippen molar-refractivity contribution in [2.75, 3.05) is 6.54 Å². The summed E-state index contributed by atoms with van der Waals surface area (Å²) >= 11 is 0. The molecule has 0 aromatic heterocycles. The van der Waals surface area contributed by atoms with Gasteiger partial charge in [0.2, 0.25) is 10.0 Å². The molecule has 0 spiro atoms. The second kappa shape index (κ2) is 6.57. The summed E-state index contributed by atoms with van der Waals surface area (Å²) < 4.78 is 73.7. The predicted molar refractivity (Wildman–Crippen MR) is 82.9 cm³/mol. The lowest BCUT2D eigenvalue weighted by atomic mass is 10.1. The minimum Gasteiger partial charge on any atom is -0.488 e. The van der Waals surface area contributed by atoms with Crippen LogP contribution >= 0.6 is 0 Å². The summed E-state index contributed by atoms with van der Waals surface area (Å²) in [5, 5.41) is 0. The fraction of sp³-hybridized carbons (Fsp3) is 0.250. The smallest absolute Gasteiger partial charge is 0.488 e. The zero-order chi connectivity index (χ0) is 18.1. The number of sulfonamides is 1. The van der Waals surface area contributed by atoms with Gasteiger partial charge in [-0.15, -0.1) is 13.2 Å². The van der Waals surface area contributed by atoms with E-state index >= 15 is 0 Å². The summed E-state index contributed by atoms with van der Waals surface area (Å²) in [7, 11) is -4.19. The summed E-state index contributed by atoms with van der Waals surface area (Å²) in [6.07, 6.45) is -4.90. The van der Waals surface area contributed by atoms with Crippen LogP contribution in [0.25, 0.3) is 0 Å². The third-order valence-electron chi connectivity index (χ3n) is 3.58. The summed E-state index contributed by atoms with van der Waals surface area (Å²) in [5.74, 6) is -0.106. The normalized spacial score (nSPS) is 17.0. The van der Waals surface area contributed by atoms with Gasteiger partial charge in [-0.2, -0.15) is 0 Å². The minimum atomic E-state index is -4.98. The molecule has 1 aliphatic heterocycles. The highest BCUT2D eigenvalue weighted by Crippen LogP contribution is 2.30. The summed E-state index contributed by atoms with van der Waals surface area (Å²) in [4.78, 5) is -0.581. The molecule has 2 aromatic carbocycles. The minimum absolute atomic E-state index is 0.0721. The lowest BCUT2D eigenvalue weighted by Gasteiger charge is -2.15. The first kappa shape index (κ1) is 17.6. The number of nitrogens with one attached hydrogen (secondary N) is 1. The largest absolute Gasteiger partial charge is 0.573 e. The Bertz CT molecular complexity index is 843. The van der Waals surface area contributed by atoms with Gasteiger partial charge in [0.1, 0.15) is 22.5 Å². The Kier molecular flexibility index (Phi) is 4.61. The molecule has 1 aliphatic rings. The van der Waals surface area contributed by atoms with Gasteiger partial charge in [0.15, 0.2) is 0 Å². The van der Waals surface area contributed by atoms with Gasteiger partial charge < -0.3 is 9.47 Å². The Morgan fingerprint density at radius 1 is 1.12 bits per heavy atom. The van der Waals surface area contributed by atoms with Crippen LogP contribution in [-0.2, 0) is 16.4 Å². The van der Waals surface area contributed by atoms with Crippen molar-refractivity contribution >= 4 is 10.0 Å². The number of fused-ring (bicyclic) bond motifs is 1. The number of hydrogen-bond acceptors (Lipinski definition) is 4. The number of hydrogen-bond donors (Lipinski definition) is 1. The average Bonchev–Trinajstić information content (AvgIpc) is 2.95. The van der Waals surface area contributed by atoms with E-state index in [0.29, 0.717) is 12.2 Å². The Morgan fingerprint density at radius 2 is 1.80 bits per heavy atom. The van der Waals surface area contributed by atoms with Gasteiger partial charge in [0, 0.05) is 13.0 Å². The molecule has 0 saturated carbocycles. The molecule has 1 unspecified atom stereocenters. The zero-order valence-electron chi connectivity index (χ0n) is 12.8. The van der Waals surface area contributed by atoms with Gasteiger partial charge in [-0.3, -0.25) is 0 Å². The Balaban J connectivity index is 1.71. The van der Waals surface area contributed by atoms with E-state index < -0.39 is 33.1 Å². The summed E-state index contributed by atoms with van der Waals surface area (Å²) in [5.41, 5.74) is 0.951. The van der Waals surface area contributed by atoms with E-state index in [0.717, 1.165) is 17.7 Å². The van der Waals surface area contributed by atoms with Crippen molar-refractivity contribution < 1.29 is 31.1 Å². The zero-order valence-corrected chi connectivity index (χ0v) is 13.6. The summed E-state index contributed by atoms with van der Waals surface area (Å²) in [6, 6.07) is 11.9. The fourth-order valence-corrected chi connectivity index (χ4v) is 3.72. The lowest BCUT2D eigenvalue weighted by Crippen LogP contribution is -2.34. The van der Waals surface area contributed by atoms with Crippen molar-refractivity contribution in [1.82, 2.24) is 4.72 Å². The van der Waals surface area contributed by atoms with Crippen molar-refractivity contribution in [2.45, 2.75) is 23.8 Å². The van der Waals surface area contributed by atoms with Gasteiger partial charge in [-0.1, -0.05) is 30.3 Å². The van der Waals surface area contributed by atoms with Crippen LogP contribution in [0.4, 0.5) is 13.2 Å². The Labute approximate surface area is 142 Å². The first-order valence-electron chi connectivity index (χ1n) is 7.33. The molecule has 3 rings (SSSR count). The van der Waals surface area contributed by atoms with Crippen LogP contribution in [-0.4, -0.2) is 27.4 Å². The van der Waals surface area contributed by atoms with Gasteiger partial charge in [0.25, 0.3) is 0 Å². The van der Waals surface area contributed by atoms with Crippen LogP contribution in [0.1, 0.15) is 5.56 Å². The second-order valence-electron chi connectivity index (χ2n) is 5.40. The van der Waals surface area contributed by atoms with Crippen LogP contribution in [0.3, 0.4) is 0 Å². The van der Waals surface area contributed by atoms with Gasteiger partial charge in [0.05, 0.1) is 0 Å². The monoisotopic (exact) mass is 373 g/mol. The van der Waals surface area contributed by atoms with Crippen LogP contribution in [0.2, 0.25) is 0 Å². The maximum Gasteiger partial charge on any atom is 0.573 e. The van der Waals surface area contributed by atoms with E-state index in [1.165, 1.54) is 12.1 Å². The van der Waals surface area contributed by atoms with Gasteiger partial charge in [-0.05, 0) is 23.8 Å². The molecule has 5 nitrogen and oxygen atoms in total. The highest BCUT2D eigenvalue weighted by Gasteiger charge is 2.34. The van der Waals surface area contributed by atoms with Crippen molar-refractivity contribution in [2.24, 2.45) is 0 Å². The highest BCUT2D eigenvalue weighted by atomic mass is 32.2. The molecule has 25 heavy (non-hydrogen) atoms. The van der Waals surface area contributed by atoms with E-state index in [1.54, 1.807) is 12.1 Å². The molecule has 0 aliphatic carbocycles. The molecular weight excluding hydrogens is 359 g/mol. The van der Waals surface area contributed by atoms with E-state index in [-0.39, 0.29) is 6.54 Å². The quantitative estimate of drug-likeness (QED) is 0.875. The number of rotatable bonds is 5. The van der Waals surface area contributed by atoms with Crippen molar-refractivity contribution in [3.63, 3.8) is 0 Å². The van der Waals surface area contributed by atoms with E-state index in [9.17, 15) is 21.6 Å². The highest BCUT2D eigenvalue weighted by molar-refractivity contribution is 7.89. The molecule has 0 fully saturated rings. The molecule has 1 N–H and O–H groups in total. The summed E-state index contributed by atoms with van der Waals surface area (Å²) in [6.45, 7) is -0.0721. The maximum atomic E-state index is 12.4. The number of benzene rings is 2. The molecule has 1 atom stereocenters. The van der Waals surface area contributed by atoms with Crippen LogP contribution in [0.5, 0.6) is 11.5 Å². The molecule has 0 saturated heterocycles. The Hall–Kier alpha value is -2.26. The first-order valence-corrected chi connectivity index (χ1v) is 8.82. The van der Waals surface area contributed by atoms with Crippen LogP contribution in [0, 0.1) is 0 Å². The van der Waals surface area contributed by atoms with Gasteiger partial charge >= 0.3 is 6.36 Å². The van der Waals surface area contributed by atoms with E-state index in [1.807, 2.05) is 12.1 Å². The average molecular weight is 373 g/mol. The van der Waals surface area contributed by atoms with Crippen LogP contribution < -0.4 is 14.2 Å². The van der Waals surface area contributed by atoms with Crippen molar-refractivity contribution in [3.05, 3.63) is 54.1 Å². The maximum absolute atomic E-state index is 12.4. The fourth-order valence-electron chi connectivity index (χ4n) is 2.53. The van der Waals surface area contributed by atoms with Crippen molar-refractivity contribution in [1.29, 1.82) is 0 Å². The molecule has 134 valence electrons.